The smallest absolute Gasteiger partial charge is 0.138 e. The molecule has 0 saturated heterocycles. The zero-order chi connectivity index (χ0) is 15.1. The van der Waals surface area contributed by atoms with Crippen molar-refractivity contribution >= 4 is 0 Å². The summed E-state index contributed by atoms with van der Waals surface area (Å²) in [4.78, 5) is 4.24. The van der Waals surface area contributed by atoms with Crippen molar-refractivity contribution in [2.24, 2.45) is 0 Å². The summed E-state index contributed by atoms with van der Waals surface area (Å²) >= 11 is 0. The lowest BCUT2D eigenvalue weighted by Gasteiger charge is -2.12. The fourth-order valence-corrected chi connectivity index (χ4v) is 2.43. The molecule has 1 atom stereocenters. The fourth-order valence-electron chi connectivity index (χ4n) is 2.43. The molecule has 0 saturated carbocycles. The van der Waals surface area contributed by atoms with Crippen LogP contribution in [0.15, 0.2) is 42.7 Å². The number of likely N-dealkylation sites (N-methyl/N-ethyl adjacent to an activating group) is 1. The molecule has 0 spiro atoms. The molecule has 1 heterocycles. The summed E-state index contributed by atoms with van der Waals surface area (Å²) in [7, 11) is 0. The summed E-state index contributed by atoms with van der Waals surface area (Å²) in [5, 5.41) is 3.44. The molecule has 1 unspecified atom stereocenters. The van der Waals surface area contributed by atoms with Crippen LogP contribution in [-0.2, 0) is 6.42 Å². The van der Waals surface area contributed by atoms with Crippen molar-refractivity contribution in [1.82, 2.24) is 10.3 Å². The third-order valence-electron chi connectivity index (χ3n) is 3.41. The van der Waals surface area contributed by atoms with Gasteiger partial charge in [0.05, 0.1) is 12.8 Å². The van der Waals surface area contributed by atoms with E-state index in [1.807, 2.05) is 19.2 Å². The van der Waals surface area contributed by atoms with E-state index < -0.39 is 0 Å². The van der Waals surface area contributed by atoms with E-state index in [0.717, 1.165) is 24.3 Å². The lowest BCUT2D eigenvalue weighted by molar-refractivity contribution is 0.339. The highest BCUT2D eigenvalue weighted by Gasteiger charge is 2.04. The highest BCUT2D eigenvalue weighted by molar-refractivity contribution is 5.64. The molecule has 1 N–H and O–H groups in total. The standard InChI is InChI=1S/C18H24N2O/c1-4-20-14(3)10-15-6-8-16(9-7-15)17-11-18(21-5-2)13-19-12-17/h6-9,11-14,20H,4-5,10H2,1-3H3. The number of aromatic nitrogens is 1. The average molecular weight is 284 g/mol. The highest BCUT2D eigenvalue weighted by atomic mass is 16.5. The minimum atomic E-state index is 0.504. The lowest BCUT2D eigenvalue weighted by atomic mass is 10.0. The number of ether oxygens (including phenoxy) is 1. The van der Waals surface area contributed by atoms with Crippen LogP contribution in [0.4, 0.5) is 0 Å². The van der Waals surface area contributed by atoms with E-state index in [2.05, 4.69) is 48.4 Å². The van der Waals surface area contributed by atoms with Gasteiger partial charge in [0.2, 0.25) is 0 Å². The fraction of sp³-hybridized carbons (Fsp3) is 0.389. The van der Waals surface area contributed by atoms with E-state index in [4.69, 9.17) is 4.74 Å². The Kier molecular flexibility index (Phi) is 5.76. The van der Waals surface area contributed by atoms with Gasteiger partial charge in [0.15, 0.2) is 0 Å². The largest absolute Gasteiger partial charge is 0.492 e. The second-order valence-corrected chi connectivity index (χ2v) is 5.20. The second-order valence-electron chi connectivity index (χ2n) is 5.20. The Morgan fingerprint density at radius 2 is 1.86 bits per heavy atom. The van der Waals surface area contributed by atoms with E-state index >= 15 is 0 Å². The summed E-state index contributed by atoms with van der Waals surface area (Å²) in [6.45, 7) is 8.00. The van der Waals surface area contributed by atoms with Gasteiger partial charge < -0.3 is 10.1 Å². The monoisotopic (exact) mass is 284 g/mol. The van der Waals surface area contributed by atoms with Crippen molar-refractivity contribution in [2.45, 2.75) is 33.2 Å². The van der Waals surface area contributed by atoms with Gasteiger partial charge >= 0.3 is 0 Å². The minimum absolute atomic E-state index is 0.504. The molecule has 0 aliphatic rings. The van der Waals surface area contributed by atoms with Gasteiger partial charge in [-0.05, 0) is 44.0 Å². The molecule has 1 aromatic heterocycles. The van der Waals surface area contributed by atoms with Gasteiger partial charge in [-0.25, -0.2) is 0 Å². The second kappa shape index (κ2) is 7.79. The first-order valence-corrected chi connectivity index (χ1v) is 7.63. The van der Waals surface area contributed by atoms with Gasteiger partial charge in [0.25, 0.3) is 0 Å². The number of hydrogen-bond donors (Lipinski definition) is 1. The van der Waals surface area contributed by atoms with Crippen LogP contribution in [0.2, 0.25) is 0 Å². The van der Waals surface area contributed by atoms with Crippen molar-refractivity contribution in [3.63, 3.8) is 0 Å². The molecule has 2 aromatic rings. The molecule has 0 aliphatic heterocycles. The topological polar surface area (TPSA) is 34.2 Å². The van der Waals surface area contributed by atoms with Crippen LogP contribution in [-0.4, -0.2) is 24.2 Å². The maximum Gasteiger partial charge on any atom is 0.138 e. The Morgan fingerprint density at radius 3 is 2.52 bits per heavy atom. The van der Waals surface area contributed by atoms with Crippen molar-refractivity contribution in [1.29, 1.82) is 0 Å². The van der Waals surface area contributed by atoms with Gasteiger partial charge in [-0.3, -0.25) is 4.98 Å². The Bertz CT molecular complexity index is 551. The zero-order valence-electron chi connectivity index (χ0n) is 13.1. The molecule has 0 aliphatic carbocycles. The van der Waals surface area contributed by atoms with Crippen molar-refractivity contribution < 1.29 is 4.74 Å². The summed E-state index contributed by atoms with van der Waals surface area (Å²) < 4.78 is 5.50. The molecular formula is C18H24N2O. The SMILES string of the molecule is CCNC(C)Cc1ccc(-c2cncc(OCC)c2)cc1. The van der Waals surface area contributed by atoms with Crippen LogP contribution in [0.25, 0.3) is 11.1 Å². The van der Waals surface area contributed by atoms with Crippen molar-refractivity contribution in [3.05, 3.63) is 48.3 Å². The zero-order valence-corrected chi connectivity index (χ0v) is 13.1. The number of hydrogen-bond acceptors (Lipinski definition) is 3. The third kappa shape index (κ3) is 4.57. The van der Waals surface area contributed by atoms with Crippen LogP contribution >= 0.6 is 0 Å². The average Bonchev–Trinajstić information content (AvgIpc) is 2.49. The molecule has 3 nitrogen and oxygen atoms in total. The first-order valence-electron chi connectivity index (χ1n) is 7.63. The maximum atomic E-state index is 5.50. The van der Waals surface area contributed by atoms with E-state index in [9.17, 15) is 0 Å². The Balaban J connectivity index is 2.09. The molecule has 0 radical (unpaired) electrons. The van der Waals surface area contributed by atoms with Crippen molar-refractivity contribution in [2.75, 3.05) is 13.2 Å². The summed E-state index contributed by atoms with van der Waals surface area (Å²) in [6.07, 6.45) is 4.67. The van der Waals surface area contributed by atoms with Crippen LogP contribution in [0, 0.1) is 0 Å². The van der Waals surface area contributed by atoms with Gasteiger partial charge in [-0.2, -0.15) is 0 Å². The summed E-state index contributed by atoms with van der Waals surface area (Å²) in [5.41, 5.74) is 3.61. The minimum Gasteiger partial charge on any atom is -0.492 e. The van der Waals surface area contributed by atoms with Crippen molar-refractivity contribution in [3.8, 4) is 16.9 Å². The molecule has 1 aromatic carbocycles. The molecule has 2 rings (SSSR count). The van der Waals surface area contributed by atoms with E-state index in [1.165, 1.54) is 11.1 Å². The predicted octanol–water partition coefficient (Wildman–Crippen LogP) is 3.69. The molecule has 21 heavy (non-hydrogen) atoms. The molecular weight excluding hydrogens is 260 g/mol. The summed E-state index contributed by atoms with van der Waals surface area (Å²) in [5.74, 6) is 0.819. The Hall–Kier alpha value is -1.87. The highest BCUT2D eigenvalue weighted by Crippen LogP contribution is 2.23. The number of nitrogens with zero attached hydrogens (tertiary/aromatic N) is 1. The van der Waals surface area contributed by atoms with Gasteiger partial charge in [-0.15, -0.1) is 0 Å². The molecule has 0 amide bonds. The Labute approximate surface area is 127 Å². The predicted molar refractivity (Wildman–Crippen MR) is 87.7 cm³/mol. The van der Waals surface area contributed by atoms with E-state index in [1.54, 1.807) is 6.20 Å². The van der Waals surface area contributed by atoms with Gasteiger partial charge in [-0.1, -0.05) is 31.2 Å². The maximum absolute atomic E-state index is 5.50. The number of nitrogens with one attached hydrogen (secondary N) is 1. The molecule has 0 fully saturated rings. The first-order chi connectivity index (χ1) is 10.2. The van der Waals surface area contributed by atoms with Crippen LogP contribution < -0.4 is 10.1 Å². The van der Waals surface area contributed by atoms with Gasteiger partial charge in [0.1, 0.15) is 5.75 Å². The van der Waals surface area contributed by atoms with E-state index in [-0.39, 0.29) is 0 Å². The van der Waals surface area contributed by atoms with Crippen LogP contribution in [0.3, 0.4) is 0 Å². The van der Waals surface area contributed by atoms with Crippen LogP contribution in [0.5, 0.6) is 5.75 Å². The number of pyridine rings is 1. The van der Waals surface area contributed by atoms with Gasteiger partial charge in [0, 0.05) is 17.8 Å². The Morgan fingerprint density at radius 1 is 1.10 bits per heavy atom. The number of rotatable bonds is 7. The molecule has 0 bridgehead atoms. The third-order valence-corrected chi connectivity index (χ3v) is 3.41. The first kappa shape index (κ1) is 15.5. The lowest BCUT2D eigenvalue weighted by Crippen LogP contribution is -2.27. The number of benzene rings is 1. The molecule has 3 heteroatoms. The van der Waals surface area contributed by atoms with Crippen LogP contribution in [0.1, 0.15) is 26.3 Å². The normalized spacial score (nSPS) is 12.1. The molecule has 112 valence electrons. The quantitative estimate of drug-likeness (QED) is 0.842. The van der Waals surface area contributed by atoms with E-state index in [0.29, 0.717) is 12.6 Å². The summed E-state index contributed by atoms with van der Waals surface area (Å²) in [6, 6.07) is 11.2.